The molecule has 0 spiro atoms. The van der Waals surface area contributed by atoms with E-state index in [1.54, 1.807) is 18.2 Å². The summed E-state index contributed by atoms with van der Waals surface area (Å²) in [7, 11) is 0. The molecule has 0 aliphatic heterocycles. The van der Waals surface area contributed by atoms with E-state index in [0.29, 0.717) is 11.3 Å². The first-order chi connectivity index (χ1) is 7.66. The first-order valence-corrected chi connectivity index (χ1v) is 5.09. The minimum Gasteiger partial charge on any atom is -0.422 e. The number of carbonyl (C=O) groups is 1. The van der Waals surface area contributed by atoms with Crippen LogP contribution in [0.4, 0.5) is 0 Å². The van der Waals surface area contributed by atoms with Gasteiger partial charge in [-0.25, -0.2) is 4.79 Å². The van der Waals surface area contributed by atoms with Gasteiger partial charge in [0.25, 0.3) is 0 Å². The quantitative estimate of drug-likeness (QED) is 0.428. The summed E-state index contributed by atoms with van der Waals surface area (Å²) >= 11 is 0. The molecule has 0 aromatic heterocycles. The Labute approximate surface area is 94.6 Å². The summed E-state index contributed by atoms with van der Waals surface area (Å²) in [5.41, 5.74) is 5.29. The second-order valence-electron chi connectivity index (χ2n) is 3.74. The number of benzene rings is 1. The molecule has 1 aromatic rings. The maximum absolute atomic E-state index is 11.7. The topological polar surface area (TPSA) is 26.3 Å². The molecule has 1 aromatic carbocycles. The van der Waals surface area contributed by atoms with Gasteiger partial charge in [-0.3, -0.25) is 0 Å². The van der Waals surface area contributed by atoms with Crippen molar-refractivity contribution in [2.45, 2.75) is 13.8 Å². The number of carbonyl (C=O) groups excluding carboxylic acids is 1. The van der Waals surface area contributed by atoms with Crippen molar-refractivity contribution in [3.63, 3.8) is 0 Å². The Morgan fingerprint density at radius 2 is 2.12 bits per heavy atom. The molecule has 1 aliphatic rings. The SMILES string of the molecule is Cc1ccc(C)c(OC(=O)C2=C=CC=C2)c1. The highest BCUT2D eigenvalue weighted by Gasteiger charge is 2.11. The smallest absolute Gasteiger partial charge is 0.351 e. The highest BCUT2D eigenvalue weighted by Crippen LogP contribution is 2.20. The molecule has 0 saturated carbocycles. The van der Waals surface area contributed by atoms with Crippen LogP contribution in [-0.2, 0) is 4.79 Å². The third-order valence-electron chi connectivity index (χ3n) is 2.36. The van der Waals surface area contributed by atoms with Crippen molar-refractivity contribution >= 4 is 5.97 Å². The monoisotopic (exact) mass is 212 g/mol. The van der Waals surface area contributed by atoms with Gasteiger partial charge in [0.05, 0.1) is 0 Å². The van der Waals surface area contributed by atoms with E-state index in [1.165, 1.54) is 0 Å². The van der Waals surface area contributed by atoms with Gasteiger partial charge in [-0.2, -0.15) is 0 Å². The van der Waals surface area contributed by atoms with Crippen molar-refractivity contribution in [1.82, 2.24) is 0 Å². The van der Waals surface area contributed by atoms with Gasteiger partial charge in [0.15, 0.2) is 0 Å². The van der Waals surface area contributed by atoms with Gasteiger partial charge < -0.3 is 4.74 Å². The summed E-state index contributed by atoms with van der Waals surface area (Å²) in [6, 6.07) is 5.78. The summed E-state index contributed by atoms with van der Waals surface area (Å²) in [6.07, 6.45) is 5.15. The predicted octanol–water partition coefficient (Wildman–Crippen LogP) is 2.86. The van der Waals surface area contributed by atoms with Crippen LogP contribution in [0, 0.1) is 13.8 Å². The first-order valence-electron chi connectivity index (χ1n) is 5.09. The van der Waals surface area contributed by atoms with Crippen LogP contribution in [0.3, 0.4) is 0 Å². The molecule has 80 valence electrons. The van der Waals surface area contributed by atoms with Gasteiger partial charge in [0.1, 0.15) is 11.3 Å². The minimum atomic E-state index is -0.362. The maximum atomic E-state index is 11.7. The number of rotatable bonds is 2. The summed E-state index contributed by atoms with van der Waals surface area (Å²) in [6.45, 7) is 3.88. The molecule has 1 aliphatic carbocycles. The summed E-state index contributed by atoms with van der Waals surface area (Å²) in [4.78, 5) is 11.7. The zero-order chi connectivity index (χ0) is 11.5. The van der Waals surface area contributed by atoms with Crippen molar-refractivity contribution in [3.05, 3.63) is 58.9 Å². The molecule has 0 heterocycles. The molecule has 2 heteroatoms. The highest BCUT2D eigenvalue weighted by molar-refractivity contribution is 5.93. The molecular weight excluding hydrogens is 200 g/mol. The Balaban J connectivity index is 2.21. The lowest BCUT2D eigenvalue weighted by Gasteiger charge is -2.07. The lowest BCUT2D eigenvalue weighted by atomic mass is 10.1. The fourth-order valence-corrected chi connectivity index (χ4v) is 1.43. The van der Waals surface area contributed by atoms with E-state index in [0.717, 1.165) is 11.1 Å². The average molecular weight is 212 g/mol. The molecule has 0 amide bonds. The average Bonchev–Trinajstić information content (AvgIpc) is 2.76. The van der Waals surface area contributed by atoms with Crippen molar-refractivity contribution in [2.75, 3.05) is 0 Å². The van der Waals surface area contributed by atoms with Crippen LogP contribution in [0.15, 0.2) is 47.7 Å². The van der Waals surface area contributed by atoms with Crippen LogP contribution in [0.2, 0.25) is 0 Å². The van der Waals surface area contributed by atoms with Gasteiger partial charge in [-0.15, -0.1) is 5.73 Å². The fraction of sp³-hybridized carbons (Fsp3) is 0.143. The van der Waals surface area contributed by atoms with E-state index < -0.39 is 0 Å². The Kier molecular flexibility index (Phi) is 2.76. The van der Waals surface area contributed by atoms with Crippen LogP contribution < -0.4 is 4.74 Å². The Morgan fingerprint density at radius 3 is 2.81 bits per heavy atom. The predicted molar refractivity (Wildman–Crippen MR) is 62.3 cm³/mol. The van der Waals surface area contributed by atoms with Gasteiger partial charge in [-0.1, -0.05) is 18.2 Å². The standard InChI is InChI=1S/C14H12O2/c1-10-7-8-11(2)13(9-10)16-14(15)12-5-3-4-6-12/h3-5,7-9H,1-2H3. The van der Waals surface area contributed by atoms with E-state index in [4.69, 9.17) is 4.74 Å². The van der Waals surface area contributed by atoms with Crippen LogP contribution in [0.25, 0.3) is 0 Å². The molecule has 0 bridgehead atoms. The molecule has 0 fully saturated rings. The van der Waals surface area contributed by atoms with Crippen molar-refractivity contribution in [3.8, 4) is 5.75 Å². The maximum Gasteiger partial charge on any atom is 0.351 e. The molecule has 0 atom stereocenters. The van der Waals surface area contributed by atoms with Crippen LogP contribution in [0.5, 0.6) is 5.75 Å². The molecule has 0 radical (unpaired) electrons. The van der Waals surface area contributed by atoms with E-state index in [-0.39, 0.29) is 5.97 Å². The summed E-state index contributed by atoms with van der Waals surface area (Å²) in [5.74, 6) is 0.248. The fourth-order valence-electron chi connectivity index (χ4n) is 1.43. The van der Waals surface area contributed by atoms with Crippen LogP contribution >= 0.6 is 0 Å². The van der Waals surface area contributed by atoms with Gasteiger partial charge in [0, 0.05) is 0 Å². The van der Waals surface area contributed by atoms with Crippen molar-refractivity contribution in [1.29, 1.82) is 0 Å². The number of allylic oxidation sites excluding steroid dienone is 1. The molecule has 2 rings (SSSR count). The zero-order valence-electron chi connectivity index (χ0n) is 9.28. The summed E-state index contributed by atoms with van der Waals surface area (Å²) < 4.78 is 5.30. The van der Waals surface area contributed by atoms with Gasteiger partial charge >= 0.3 is 5.97 Å². The Bertz CT molecular complexity index is 530. The first kappa shape index (κ1) is 10.5. The van der Waals surface area contributed by atoms with Crippen LogP contribution in [0.1, 0.15) is 11.1 Å². The van der Waals surface area contributed by atoms with Crippen molar-refractivity contribution in [2.24, 2.45) is 0 Å². The van der Waals surface area contributed by atoms with Crippen molar-refractivity contribution < 1.29 is 9.53 Å². The third kappa shape index (κ3) is 2.13. The second-order valence-corrected chi connectivity index (χ2v) is 3.74. The lowest BCUT2D eigenvalue weighted by Crippen LogP contribution is -2.09. The van der Waals surface area contributed by atoms with E-state index in [2.05, 4.69) is 5.73 Å². The number of esters is 1. The number of hydrogen-bond acceptors (Lipinski definition) is 2. The molecule has 16 heavy (non-hydrogen) atoms. The highest BCUT2D eigenvalue weighted by atomic mass is 16.5. The minimum absolute atomic E-state index is 0.362. The number of hydrogen-bond donors (Lipinski definition) is 0. The largest absolute Gasteiger partial charge is 0.422 e. The van der Waals surface area contributed by atoms with Crippen LogP contribution in [-0.4, -0.2) is 5.97 Å². The molecule has 0 saturated heterocycles. The second kappa shape index (κ2) is 4.21. The normalized spacial score (nSPS) is 12.8. The van der Waals surface area contributed by atoms with Gasteiger partial charge in [-0.05, 0) is 43.2 Å². The third-order valence-corrected chi connectivity index (χ3v) is 2.36. The zero-order valence-corrected chi connectivity index (χ0v) is 9.28. The van der Waals surface area contributed by atoms with E-state index in [9.17, 15) is 4.79 Å². The molecule has 0 unspecified atom stereocenters. The molecular formula is C14H12O2. The number of aryl methyl sites for hydroxylation is 2. The summed E-state index contributed by atoms with van der Waals surface area (Å²) in [5, 5.41) is 0. The Morgan fingerprint density at radius 1 is 1.31 bits per heavy atom. The van der Waals surface area contributed by atoms with E-state index in [1.807, 2.05) is 32.0 Å². The Hall–Kier alpha value is -2.05. The van der Waals surface area contributed by atoms with E-state index >= 15 is 0 Å². The van der Waals surface area contributed by atoms with Gasteiger partial charge in [0.2, 0.25) is 0 Å². The number of ether oxygens (including phenoxy) is 1. The lowest BCUT2D eigenvalue weighted by molar-refractivity contribution is -0.129. The molecule has 2 nitrogen and oxygen atoms in total. The molecule has 0 N–H and O–H groups in total.